The van der Waals surface area contributed by atoms with Crippen LogP contribution in [0.1, 0.15) is 45.1 Å². The lowest BCUT2D eigenvalue weighted by atomic mass is 9.98. The van der Waals surface area contributed by atoms with Crippen LogP contribution in [-0.2, 0) is 11.8 Å². The lowest BCUT2D eigenvalue weighted by molar-refractivity contribution is -0.120. The Hall–Kier alpha value is -1.83. The molecule has 0 aromatic carbocycles. The van der Waals surface area contributed by atoms with E-state index in [4.69, 9.17) is 5.26 Å². The van der Waals surface area contributed by atoms with Crippen molar-refractivity contribution >= 4 is 11.7 Å². The van der Waals surface area contributed by atoms with Crippen molar-refractivity contribution in [2.75, 3.05) is 5.32 Å². The van der Waals surface area contributed by atoms with Gasteiger partial charge in [-0.05, 0) is 12.8 Å². The summed E-state index contributed by atoms with van der Waals surface area (Å²) in [5, 5.41) is 15.7. The summed E-state index contributed by atoms with van der Waals surface area (Å²) in [5.41, 5.74) is 0.399. The summed E-state index contributed by atoms with van der Waals surface area (Å²) >= 11 is 0. The second kappa shape index (κ2) is 6.80. The van der Waals surface area contributed by atoms with E-state index in [2.05, 4.69) is 17.3 Å². The van der Waals surface area contributed by atoms with E-state index in [0.29, 0.717) is 11.4 Å². The van der Waals surface area contributed by atoms with Crippen molar-refractivity contribution < 1.29 is 4.79 Å². The highest BCUT2D eigenvalue weighted by molar-refractivity contribution is 5.92. The van der Waals surface area contributed by atoms with E-state index >= 15 is 0 Å². The number of rotatable bonds is 6. The molecule has 5 nitrogen and oxygen atoms in total. The Labute approximate surface area is 108 Å². The van der Waals surface area contributed by atoms with E-state index < -0.39 is 0 Å². The fourth-order valence-corrected chi connectivity index (χ4v) is 1.86. The Morgan fingerprint density at radius 3 is 2.89 bits per heavy atom. The smallest absolute Gasteiger partial charge is 0.228 e. The summed E-state index contributed by atoms with van der Waals surface area (Å²) in [4.78, 5) is 12.1. The molecule has 0 bridgehead atoms. The largest absolute Gasteiger partial charge is 0.310 e. The van der Waals surface area contributed by atoms with Gasteiger partial charge in [0.15, 0.2) is 0 Å². The number of hydrogen-bond donors (Lipinski definition) is 1. The topological polar surface area (TPSA) is 70.7 Å². The minimum Gasteiger partial charge on any atom is -0.310 e. The molecule has 5 heteroatoms. The first-order valence-corrected chi connectivity index (χ1v) is 6.36. The van der Waals surface area contributed by atoms with Crippen LogP contribution in [0.4, 0.5) is 5.82 Å². The first kappa shape index (κ1) is 14.2. The number of amides is 1. The third-order valence-electron chi connectivity index (χ3n) is 3.07. The number of aromatic nitrogens is 2. The van der Waals surface area contributed by atoms with Crippen molar-refractivity contribution in [2.45, 2.75) is 39.5 Å². The summed E-state index contributed by atoms with van der Waals surface area (Å²) in [6, 6.07) is 2.02. The average molecular weight is 248 g/mol. The van der Waals surface area contributed by atoms with E-state index in [0.717, 1.165) is 25.7 Å². The maximum absolute atomic E-state index is 12.1. The van der Waals surface area contributed by atoms with Crippen molar-refractivity contribution in [3.63, 3.8) is 0 Å². The van der Waals surface area contributed by atoms with Gasteiger partial charge in [-0.1, -0.05) is 26.7 Å². The normalized spacial score (nSPS) is 11.9. The standard InChI is InChI=1S/C13H20N4O/c1-4-6-7-10(5-2)13(18)16-12-11(8-14)9-15-17(12)3/h9-10H,4-7H2,1-3H3,(H,16,18). The van der Waals surface area contributed by atoms with Gasteiger partial charge in [0.25, 0.3) is 0 Å². The van der Waals surface area contributed by atoms with Gasteiger partial charge in [-0.2, -0.15) is 10.4 Å². The number of anilines is 1. The number of nitrogens with zero attached hydrogens (tertiary/aromatic N) is 3. The van der Waals surface area contributed by atoms with Crippen molar-refractivity contribution in [1.82, 2.24) is 9.78 Å². The first-order valence-electron chi connectivity index (χ1n) is 6.36. The van der Waals surface area contributed by atoms with Crippen molar-refractivity contribution in [3.05, 3.63) is 11.8 Å². The number of hydrogen-bond acceptors (Lipinski definition) is 3. The van der Waals surface area contributed by atoms with E-state index in [1.54, 1.807) is 7.05 Å². The molecule has 1 rings (SSSR count). The van der Waals surface area contributed by atoms with Gasteiger partial charge in [-0.15, -0.1) is 0 Å². The van der Waals surface area contributed by atoms with Gasteiger partial charge in [0.1, 0.15) is 17.5 Å². The molecule has 0 aliphatic heterocycles. The van der Waals surface area contributed by atoms with Gasteiger partial charge in [0.2, 0.25) is 5.91 Å². The second-order valence-corrected chi connectivity index (χ2v) is 4.38. The fraction of sp³-hybridized carbons (Fsp3) is 0.615. The molecule has 1 unspecified atom stereocenters. The van der Waals surface area contributed by atoms with E-state index in [-0.39, 0.29) is 11.8 Å². The molecule has 1 aromatic heterocycles. The first-order chi connectivity index (χ1) is 8.63. The van der Waals surface area contributed by atoms with Gasteiger partial charge < -0.3 is 5.32 Å². The molecule has 0 saturated heterocycles. The zero-order chi connectivity index (χ0) is 13.5. The number of aryl methyl sites for hydroxylation is 1. The van der Waals surface area contributed by atoms with E-state index in [1.807, 2.05) is 13.0 Å². The summed E-state index contributed by atoms with van der Waals surface area (Å²) in [7, 11) is 1.71. The third kappa shape index (κ3) is 3.33. The number of nitriles is 1. The van der Waals surface area contributed by atoms with Crippen LogP contribution in [-0.4, -0.2) is 15.7 Å². The predicted molar refractivity (Wildman–Crippen MR) is 69.9 cm³/mol. The molecular formula is C13H20N4O. The van der Waals surface area contributed by atoms with Crippen molar-refractivity contribution in [2.24, 2.45) is 13.0 Å². The van der Waals surface area contributed by atoms with Crippen LogP contribution < -0.4 is 5.32 Å². The molecule has 0 saturated carbocycles. The fourth-order valence-electron chi connectivity index (χ4n) is 1.86. The van der Waals surface area contributed by atoms with Crippen molar-refractivity contribution in [1.29, 1.82) is 5.26 Å². The van der Waals surface area contributed by atoms with E-state index in [9.17, 15) is 4.79 Å². The van der Waals surface area contributed by atoms with Crippen LogP contribution in [0.2, 0.25) is 0 Å². The Morgan fingerprint density at radius 2 is 2.33 bits per heavy atom. The summed E-state index contributed by atoms with van der Waals surface area (Å²) < 4.78 is 1.52. The SMILES string of the molecule is CCCCC(CC)C(=O)Nc1c(C#N)cnn1C. The molecule has 0 radical (unpaired) electrons. The molecular weight excluding hydrogens is 228 g/mol. The highest BCUT2D eigenvalue weighted by atomic mass is 16.2. The number of unbranched alkanes of at least 4 members (excludes halogenated alkanes) is 1. The highest BCUT2D eigenvalue weighted by Crippen LogP contribution is 2.18. The molecule has 98 valence electrons. The molecule has 0 aliphatic carbocycles. The number of carbonyl (C=O) groups excluding carboxylic acids is 1. The second-order valence-electron chi connectivity index (χ2n) is 4.38. The van der Waals surface area contributed by atoms with Crippen LogP contribution in [0, 0.1) is 17.2 Å². The predicted octanol–water partition coefficient (Wildman–Crippen LogP) is 2.45. The van der Waals surface area contributed by atoms with Crippen LogP contribution in [0.3, 0.4) is 0 Å². The lowest BCUT2D eigenvalue weighted by Crippen LogP contribution is -2.24. The minimum atomic E-state index is -0.0222. The van der Waals surface area contributed by atoms with Gasteiger partial charge >= 0.3 is 0 Å². The molecule has 0 spiro atoms. The van der Waals surface area contributed by atoms with Gasteiger partial charge in [-0.3, -0.25) is 9.48 Å². The number of nitrogens with one attached hydrogen (secondary N) is 1. The summed E-state index contributed by atoms with van der Waals surface area (Å²) in [5.74, 6) is 0.467. The third-order valence-corrected chi connectivity index (χ3v) is 3.07. The Balaban J connectivity index is 2.74. The Kier molecular flexibility index (Phi) is 5.37. The zero-order valence-electron chi connectivity index (χ0n) is 11.2. The van der Waals surface area contributed by atoms with Gasteiger partial charge in [0.05, 0.1) is 6.20 Å². The maximum Gasteiger partial charge on any atom is 0.228 e. The van der Waals surface area contributed by atoms with Crippen LogP contribution in [0.5, 0.6) is 0 Å². The summed E-state index contributed by atoms with van der Waals surface area (Å²) in [6.45, 7) is 4.12. The molecule has 1 atom stereocenters. The summed E-state index contributed by atoms with van der Waals surface area (Å²) in [6.07, 6.45) is 5.29. The molecule has 0 aliphatic rings. The monoisotopic (exact) mass is 248 g/mol. The zero-order valence-corrected chi connectivity index (χ0v) is 11.2. The quantitative estimate of drug-likeness (QED) is 0.840. The molecule has 18 heavy (non-hydrogen) atoms. The molecule has 1 N–H and O–H groups in total. The molecule has 0 fully saturated rings. The molecule has 1 amide bonds. The van der Waals surface area contributed by atoms with Gasteiger partial charge in [-0.25, -0.2) is 0 Å². The maximum atomic E-state index is 12.1. The van der Waals surface area contributed by atoms with Crippen LogP contribution >= 0.6 is 0 Å². The lowest BCUT2D eigenvalue weighted by Gasteiger charge is -2.14. The Morgan fingerprint density at radius 1 is 1.61 bits per heavy atom. The average Bonchev–Trinajstić information content (AvgIpc) is 2.71. The van der Waals surface area contributed by atoms with Crippen LogP contribution in [0.15, 0.2) is 6.20 Å². The Bertz CT molecular complexity index is 444. The molecule has 1 heterocycles. The van der Waals surface area contributed by atoms with Gasteiger partial charge in [0, 0.05) is 13.0 Å². The highest BCUT2D eigenvalue weighted by Gasteiger charge is 2.18. The minimum absolute atomic E-state index is 0.00592. The van der Waals surface area contributed by atoms with E-state index in [1.165, 1.54) is 10.9 Å². The van der Waals surface area contributed by atoms with Crippen LogP contribution in [0.25, 0.3) is 0 Å². The van der Waals surface area contributed by atoms with Crippen molar-refractivity contribution in [3.8, 4) is 6.07 Å². The molecule has 1 aromatic rings. The number of carbonyl (C=O) groups is 1.